The van der Waals surface area contributed by atoms with Crippen LogP contribution in [-0.2, 0) is 4.79 Å². The number of nitrogens with one attached hydrogen (secondary N) is 1. The molecule has 4 nitrogen and oxygen atoms in total. The van der Waals surface area contributed by atoms with E-state index >= 15 is 0 Å². The van der Waals surface area contributed by atoms with Gasteiger partial charge in [0.1, 0.15) is 6.04 Å². The molecule has 1 saturated carbocycles. The predicted octanol–water partition coefficient (Wildman–Crippen LogP) is 1.70. The molecule has 1 atom stereocenters. The summed E-state index contributed by atoms with van der Waals surface area (Å²) in [5, 5.41) is 12.3. The summed E-state index contributed by atoms with van der Waals surface area (Å²) >= 11 is 0. The Hall–Kier alpha value is -0.610. The number of hydrogen-bond acceptors (Lipinski definition) is 3. The minimum absolute atomic E-state index is 0.142. The van der Waals surface area contributed by atoms with Gasteiger partial charge in [0.05, 0.1) is 0 Å². The standard InChI is InChI=1S/C13H26N2O2/c1-5-13(2,3)15(4)9-8-11(12(16)17)14-10-6-7-10/h10-11,14H,5-9H2,1-4H3,(H,16,17). The lowest BCUT2D eigenvalue weighted by molar-refractivity contribution is -0.139. The third-order valence-electron chi connectivity index (χ3n) is 3.96. The molecule has 1 aliphatic rings. The summed E-state index contributed by atoms with van der Waals surface area (Å²) in [6, 6.07) is 0.0539. The van der Waals surface area contributed by atoms with E-state index < -0.39 is 12.0 Å². The fourth-order valence-corrected chi connectivity index (χ4v) is 1.71. The minimum Gasteiger partial charge on any atom is -0.480 e. The van der Waals surface area contributed by atoms with E-state index in [1.165, 1.54) is 0 Å². The summed E-state index contributed by atoms with van der Waals surface area (Å²) in [6.07, 6.45) is 3.99. The third-order valence-corrected chi connectivity index (χ3v) is 3.96. The zero-order chi connectivity index (χ0) is 13.1. The molecular weight excluding hydrogens is 216 g/mol. The monoisotopic (exact) mass is 242 g/mol. The van der Waals surface area contributed by atoms with Gasteiger partial charge in [-0.3, -0.25) is 4.79 Å². The molecule has 0 amide bonds. The SMILES string of the molecule is CCC(C)(C)N(C)CCC(NC1CC1)C(=O)O. The molecule has 100 valence electrons. The molecule has 0 aromatic heterocycles. The van der Waals surface area contributed by atoms with Crippen LogP contribution in [0.1, 0.15) is 46.5 Å². The van der Waals surface area contributed by atoms with Crippen LogP contribution < -0.4 is 5.32 Å². The second kappa shape index (κ2) is 5.83. The van der Waals surface area contributed by atoms with Crippen LogP contribution in [0.25, 0.3) is 0 Å². The molecule has 1 rings (SSSR count). The molecule has 0 spiro atoms. The fourth-order valence-electron chi connectivity index (χ4n) is 1.71. The summed E-state index contributed by atoms with van der Waals surface area (Å²) in [5.41, 5.74) is 0.142. The predicted molar refractivity (Wildman–Crippen MR) is 69.2 cm³/mol. The zero-order valence-corrected chi connectivity index (χ0v) is 11.5. The molecule has 2 N–H and O–H groups in total. The van der Waals surface area contributed by atoms with Crippen molar-refractivity contribution in [3.63, 3.8) is 0 Å². The van der Waals surface area contributed by atoms with E-state index in [0.29, 0.717) is 12.5 Å². The Labute approximate surface area is 104 Å². The number of nitrogens with zero attached hydrogens (tertiary/aromatic N) is 1. The Kier molecular flexibility index (Phi) is 4.95. The van der Waals surface area contributed by atoms with Gasteiger partial charge in [-0.25, -0.2) is 0 Å². The van der Waals surface area contributed by atoms with Gasteiger partial charge < -0.3 is 15.3 Å². The van der Waals surface area contributed by atoms with Crippen LogP contribution >= 0.6 is 0 Å². The van der Waals surface area contributed by atoms with Crippen LogP contribution in [-0.4, -0.2) is 47.2 Å². The fraction of sp³-hybridized carbons (Fsp3) is 0.923. The number of carbonyl (C=O) groups is 1. The van der Waals surface area contributed by atoms with Crippen molar-refractivity contribution >= 4 is 5.97 Å². The second-order valence-corrected chi connectivity index (χ2v) is 5.71. The van der Waals surface area contributed by atoms with Crippen molar-refractivity contribution < 1.29 is 9.90 Å². The Morgan fingerprint density at radius 1 is 1.53 bits per heavy atom. The van der Waals surface area contributed by atoms with Gasteiger partial charge in [-0.1, -0.05) is 6.92 Å². The first-order valence-electron chi connectivity index (χ1n) is 6.57. The van der Waals surface area contributed by atoms with Crippen molar-refractivity contribution in [2.45, 2.75) is 64.1 Å². The minimum atomic E-state index is -0.723. The quantitative estimate of drug-likeness (QED) is 0.680. The van der Waals surface area contributed by atoms with Gasteiger partial charge in [-0.15, -0.1) is 0 Å². The van der Waals surface area contributed by atoms with Crippen LogP contribution in [0.4, 0.5) is 0 Å². The molecule has 0 aromatic rings. The van der Waals surface area contributed by atoms with Gasteiger partial charge in [0.15, 0.2) is 0 Å². The maximum atomic E-state index is 11.1. The van der Waals surface area contributed by atoms with Crippen LogP contribution in [0.15, 0.2) is 0 Å². The number of carboxylic acid groups (broad SMARTS) is 1. The van der Waals surface area contributed by atoms with E-state index in [9.17, 15) is 4.79 Å². The highest BCUT2D eigenvalue weighted by Gasteiger charge is 2.29. The van der Waals surface area contributed by atoms with Crippen LogP contribution in [0.3, 0.4) is 0 Å². The molecule has 1 fully saturated rings. The van der Waals surface area contributed by atoms with E-state index in [1.54, 1.807) is 0 Å². The van der Waals surface area contributed by atoms with Gasteiger partial charge in [-0.2, -0.15) is 0 Å². The highest BCUT2D eigenvalue weighted by atomic mass is 16.4. The van der Waals surface area contributed by atoms with Crippen LogP contribution in [0, 0.1) is 0 Å². The van der Waals surface area contributed by atoms with Gasteiger partial charge >= 0.3 is 5.97 Å². The molecule has 0 aromatic carbocycles. The second-order valence-electron chi connectivity index (χ2n) is 5.71. The summed E-state index contributed by atoms with van der Waals surface area (Å²) < 4.78 is 0. The number of hydrogen-bond donors (Lipinski definition) is 2. The van der Waals surface area contributed by atoms with Crippen LogP contribution in [0.2, 0.25) is 0 Å². The molecule has 4 heteroatoms. The normalized spacial score (nSPS) is 18.4. The number of rotatable bonds is 8. The average Bonchev–Trinajstić information content (AvgIpc) is 3.06. The van der Waals surface area contributed by atoms with Gasteiger partial charge in [-0.05, 0) is 46.6 Å². The van der Waals surface area contributed by atoms with Gasteiger partial charge in [0.25, 0.3) is 0 Å². The van der Waals surface area contributed by atoms with E-state index in [4.69, 9.17) is 5.11 Å². The van der Waals surface area contributed by atoms with Crippen molar-refractivity contribution in [2.75, 3.05) is 13.6 Å². The van der Waals surface area contributed by atoms with Crippen molar-refractivity contribution in [3.05, 3.63) is 0 Å². The number of carboxylic acids is 1. The maximum Gasteiger partial charge on any atom is 0.320 e. The van der Waals surface area contributed by atoms with Crippen molar-refractivity contribution in [1.82, 2.24) is 10.2 Å². The summed E-state index contributed by atoms with van der Waals surface area (Å²) in [7, 11) is 2.07. The van der Waals surface area contributed by atoms with Gasteiger partial charge in [0, 0.05) is 18.1 Å². The Balaban J connectivity index is 2.37. The topological polar surface area (TPSA) is 52.6 Å². The Bertz CT molecular complexity index is 262. The van der Waals surface area contributed by atoms with Crippen molar-refractivity contribution in [2.24, 2.45) is 0 Å². The zero-order valence-electron chi connectivity index (χ0n) is 11.5. The number of aliphatic carboxylic acids is 1. The highest BCUT2D eigenvalue weighted by molar-refractivity contribution is 5.73. The third kappa shape index (κ3) is 4.64. The first-order valence-corrected chi connectivity index (χ1v) is 6.57. The molecule has 1 aliphatic carbocycles. The molecule has 1 unspecified atom stereocenters. The highest BCUT2D eigenvalue weighted by Crippen LogP contribution is 2.21. The largest absolute Gasteiger partial charge is 0.480 e. The molecular formula is C13H26N2O2. The molecule has 0 saturated heterocycles. The smallest absolute Gasteiger partial charge is 0.320 e. The first kappa shape index (κ1) is 14.5. The van der Waals surface area contributed by atoms with Crippen LogP contribution in [0.5, 0.6) is 0 Å². The van der Waals surface area contributed by atoms with Gasteiger partial charge in [0.2, 0.25) is 0 Å². The Morgan fingerprint density at radius 2 is 2.12 bits per heavy atom. The summed E-state index contributed by atoms with van der Waals surface area (Å²) in [6.45, 7) is 7.36. The lowest BCUT2D eigenvalue weighted by atomic mass is 9.99. The van der Waals surface area contributed by atoms with E-state index in [0.717, 1.165) is 25.8 Å². The average molecular weight is 242 g/mol. The van der Waals surface area contributed by atoms with Crippen molar-refractivity contribution in [3.8, 4) is 0 Å². The van der Waals surface area contributed by atoms with Crippen molar-refractivity contribution in [1.29, 1.82) is 0 Å². The molecule has 0 aliphatic heterocycles. The molecule has 17 heavy (non-hydrogen) atoms. The molecule has 0 bridgehead atoms. The summed E-state index contributed by atoms with van der Waals surface area (Å²) in [4.78, 5) is 13.4. The van der Waals surface area contributed by atoms with E-state index in [-0.39, 0.29) is 5.54 Å². The van der Waals surface area contributed by atoms with E-state index in [2.05, 4.69) is 38.0 Å². The first-order chi connectivity index (χ1) is 7.86. The molecule has 0 heterocycles. The lowest BCUT2D eigenvalue weighted by Gasteiger charge is -2.35. The lowest BCUT2D eigenvalue weighted by Crippen LogP contribution is -2.45. The Morgan fingerprint density at radius 3 is 2.53 bits per heavy atom. The molecule has 0 radical (unpaired) electrons. The van der Waals surface area contributed by atoms with E-state index in [1.807, 2.05) is 0 Å². The summed E-state index contributed by atoms with van der Waals surface area (Å²) in [5.74, 6) is -0.723. The maximum absolute atomic E-state index is 11.1.